The highest BCUT2D eigenvalue weighted by molar-refractivity contribution is 5.92. The van der Waals surface area contributed by atoms with Crippen LogP contribution in [0.1, 0.15) is 23.6 Å². The van der Waals surface area contributed by atoms with Crippen molar-refractivity contribution in [1.82, 2.24) is 14.5 Å². The zero-order chi connectivity index (χ0) is 23.0. The van der Waals surface area contributed by atoms with Crippen molar-refractivity contribution in [1.29, 1.82) is 5.26 Å². The van der Waals surface area contributed by atoms with Crippen molar-refractivity contribution in [2.75, 3.05) is 24.5 Å². The van der Waals surface area contributed by atoms with E-state index >= 15 is 0 Å². The topological polar surface area (TPSA) is 69.5 Å². The number of halogens is 1. The Morgan fingerprint density at radius 3 is 2.78 bits per heavy atom. The van der Waals surface area contributed by atoms with Gasteiger partial charge in [-0.15, -0.1) is 4.98 Å². The molecule has 1 aromatic carbocycles. The van der Waals surface area contributed by atoms with E-state index in [1.165, 1.54) is 10.6 Å². The van der Waals surface area contributed by atoms with Gasteiger partial charge in [0.2, 0.25) is 5.52 Å². The van der Waals surface area contributed by atoms with Crippen LogP contribution in [0.2, 0.25) is 0 Å². The first kappa shape index (κ1) is 21.5. The van der Waals surface area contributed by atoms with Crippen molar-refractivity contribution in [3.63, 3.8) is 0 Å². The summed E-state index contributed by atoms with van der Waals surface area (Å²) in [6.45, 7) is 13.6. The second kappa shape index (κ2) is 8.41. The van der Waals surface area contributed by atoms with Crippen LogP contribution < -0.4 is 10.5 Å². The predicted molar refractivity (Wildman–Crippen MR) is 121 cm³/mol. The Morgan fingerprint density at radius 1 is 1.31 bits per heavy atom. The molecular weight excluding hydrogens is 407 g/mol. The molecule has 1 aliphatic rings. The summed E-state index contributed by atoms with van der Waals surface area (Å²) in [6, 6.07) is 10.6. The first-order valence-corrected chi connectivity index (χ1v) is 10.4. The number of fused-ring (bicyclic) bond motifs is 1. The number of nitriles is 1. The molecule has 0 aliphatic carbocycles. The zero-order valence-corrected chi connectivity index (χ0v) is 18.3. The summed E-state index contributed by atoms with van der Waals surface area (Å²) < 4.78 is 15.4. The summed E-state index contributed by atoms with van der Waals surface area (Å²) >= 11 is 0. The van der Waals surface area contributed by atoms with E-state index in [0.29, 0.717) is 48.5 Å². The fourth-order valence-corrected chi connectivity index (χ4v) is 4.33. The van der Waals surface area contributed by atoms with Crippen LogP contribution in [0.3, 0.4) is 0 Å². The molecule has 0 radical (unpaired) electrons. The number of piperazine rings is 1. The van der Waals surface area contributed by atoms with E-state index in [1.807, 2.05) is 11.0 Å². The molecule has 0 amide bonds. The average Bonchev–Trinajstić information content (AvgIpc) is 2.80. The zero-order valence-electron chi connectivity index (χ0n) is 18.3. The minimum atomic E-state index is -0.377. The van der Waals surface area contributed by atoms with Crippen molar-refractivity contribution in [3.8, 4) is 6.07 Å². The van der Waals surface area contributed by atoms with Gasteiger partial charge in [0.1, 0.15) is 23.1 Å². The molecule has 32 heavy (non-hydrogen) atoms. The summed E-state index contributed by atoms with van der Waals surface area (Å²) in [5.41, 5.74) is 2.83. The summed E-state index contributed by atoms with van der Waals surface area (Å²) in [4.78, 5) is 25.0. The summed E-state index contributed by atoms with van der Waals surface area (Å²) in [5, 5.41) is 9.79. The van der Waals surface area contributed by atoms with E-state index in [9.17, 15) is 14.4 Å². The molecule has 1 saturated heterocycles. The smallest absolute Gasteiger partial charge is 0.271 e. The van der Waals surface area contributed by atoms with Crippen molar-refractivity contribution in [2.45, 2.75) is 26.4 Å². The molecule has 3 heterocycles. The molecule has 0 unspecified atom stereocenters. The third kappa shape index (κ3) is 3.59. The lowest BCUT2D eigenvalue weighted by Gasteiger charge is -2.41. The predicted octanol–water partition coefficient (Wildman–Crippen LogP) is 3.51. The van der Waals surface area contributed by atoms with Gasteiger partial charge in [0, 0.05) is 39.3 Å². The van der Waals surface area contributed by atoms with Crippen LogP contribution >= 0.6 is 0 Å². The van der Waals surface area contributed by atoms with Crippen molar-refractivity contribution in [2.24, 2.45) is 7.05 Å². The van der Waals surface area contributed by atoms with Gasteiger partial charge in [-0.3, -0.25) is 9.69 Å². The van der Waals surface area contributed by atoms with Crippen LogP contribution in [-0.2, 0) is 13.6 Å². The lowest BCUT2D eigenvalue weighted by Crippen LogP contribution is -2.52. The number of hydrogen-bond donors (Lipinski definition) is 0. The van der Waals surface area contributed by atoms with Gasteiger partial charge in [0.15, 0.2) is 0 Å². The van der Waals surface area contributed by atoms with E-state index in [0.717, 1.165) is 5.56 Å². The molecular formula is C24H23FN6O. The van der Waals surface area contributed by atoms with Gasteiger partial charge < -0.3 is 14.3 Å². The van der Waals surface area contributed by atoms with Gasteiger partial charge in [-0.25, -0.2) is 4.39 Å². The average molecular weight is 430 g/mol. The summed E-state index contributed by atoms with van der Waals surface area (Å²) in [6.07, 6.45) is 0. The standard InChI is InChI=1S/C24H23FN6O/c1-15-13-31(11-10-30(15)14-17-6-5-7-19(25)16(17)2)23-18(12-26)24(32)29(4)20-8-9-21(27-3)28-22(20)23/h5-9,15H,10-11,13-14H2,1-2,4H3/t15-/m1/s1. The fraction of sp³-hybridized carbons (Fsp3) is 0.333. The minimum Gasteiger partial charge on any atom is -0.364 e. The van der Waals surface area contributed by atoms with Crippen molar-refractivity contribution in [3.05, 3.63) is 74.6 Å². The molecule has 4 rings (SSSR count). The Morgan fingerprint density at radius 2 is 2.09 bits per heavy atom. The molecule has 1 fully saturated rings. The summed E-state index contributed by atoms with van der Waals surface area (Å²) in [7, 11) is 1.61. The summed E-state index contributed by atoms with van der Waals surface area (Å²) in [5.74, 6) is 0.00953. The molecule has 1 aliphatic heterocycles. The molecule has 7 nitrogen and oxygen atoms in total. The van der Waals surface area contributed by atoms with E-state index in [1.54, 1.807) is 32.2 Å². The quantitative estimate of drug-likeness (QED) is 0.595. The van der Waals surface area contributed by atoms with Crippen LogP contribution in [0.25, 0.3) is 15.9 Å². The monoisotopic (exact) mass is 430 g/mol. The maximum atomic E-state index is 14.0. The third-order valence-corrected chi connectivity index (χ3v) is 6.26. The van der Waals surface area contributed by atoms with Crippen LogP contribution in [0, 0.1) is 30.6 Å². The van der Waals surface area contributed by atoms with Gasteiger partial charge in [0.25, 0.3) is 11.4 Å². The SMILES string of the molecule is [C-]#[N+]c1ccc2c(n1)c(N1CCN(Cc3cccc(F)c3C)[C@H](C)C1)c(C#N)c(=O)n2C. The second-order valence-electron chi connectivity index (χ2n) is 8.14. The van der Waals surface area contributed by atoms with E-state index < -0.39 is 0 Å². The first-order valence-electron chi connectivity index (χ1n) is 10.4. The number of anilines is 1. The van der Waals surface area contributed by atoms with Crippen LogP contribution in [-0.4, -0.2) is 40.1 Å². The second-order valence-corrected chi connectivity index (χ2v) is 8.14. The molecule has 0 N–H and O–H groups in total. The van der Waals surface area contributed by atoms with Crippen LogP contribution in [0.15, 0.2) is 35.1 Å². The Balaban J connectivity index is 1.71. The van der Waals surface area contributed by atoms with Crippen LogP contribution in [0.4, 0.5) is 15.9 Å². The molecule has 1 atom stereocenters. The number of aryl methyl sites for hydroxylation is 1. The molecule has 8 heteroatoms. The fourth-order valence-electron chi connectivity index (χ4n) is 4.33. The van der Waals surface area contributed by atoms with Gasteiger partial charge in [0.05, 0.1) is 5.52 Å². The van der Waals surface area contributed by atoms with Crippen molar-refractivity contribution < 1.29 is 4.39 Å². The maximum Gasteiger partial charge on any atom is 0.271 e. The highest BCUT2D eigenvalue weighted by atomic mass is 19.1. The molecule has 3 aromatic rings. The third-order valence-electron chi connectivity index (χ3n) is 6.26. The Kier molecular flexibility index (Phi) is 5.65. The normalized spacial score (nSPS) is 16.7. The van der Waals surface area contributed by atoms with Gasteiger partial charge in [-0.1, -0.05) is 18.7 Å². The number of benzene rings is 1. The molecule has 0 bridgehead atoms. The number of pyridine rings is 2. The number of nitrogens with zero attached hydrogens (tertiary/aromatic N) is 6. The number of aromatic nitrogens is 2. The van der Waals surface area contributed by atoms with Gasteiger partial charge in [-0.2, -0.15) is 5.26 Å². The van der Waals surface area contributed by atoms with Gasteiger partial charge in [-0.05, 0) is 43.2 Å². The number of hydrogen-bond acceptors (Lipinski definition) is 5. The van der Waals surface area contributed by atoms with E-state index in [2.05, 4.69) is 27.7 Å². The lowest BCUT2D eigenvalue weighted by atomic mass is 10.0. The maximum absolute atomic E-state index is 14.0. The Labute approximate surface area is 185 Å². The Hall–Kier alpha value is -3.75. The molecule has 0 saturated carbocycles. The van der Waals surface area contributed by atoms with E-state index in [-0.39, 0.29) is 28.8 Å². The largest absolute Gasteiger partial charge is 0.364 e. The molecule has 0 spiro atoms. The lowest BCUT2D eigenvalue weighted by molar-refractivity contribution is 0.180. The first-order chi connectivity index (χ1) is 15.3. The Bertz CT molecular complexity index is 1350. The van der Waals surface area contributed by atoms with Gasteiger partial charge >= 0.3 is 0 Å². The van der Waals surface area contributed by atoms with E-state index in [4.69, 9.17) is 6.57 Å². The highest BCUT2D eigenvalue weighted by Gasteiger charge is 2.30. The van der Waals surface area contributed by atoms with Crippen LogP contribution in [0.5, 0.6) is 0 Å². The molecule has 162 valence electrons. The highest BCUT2D eigenvalue weighted by Crippen LogP contribution is 2.31. The molecule has 2 aromatic heterocycles. The van der Waals surface area contributed by atoms with Crippen molar-refractivity contribution >= 4 is 22.5 Å². The number of rotatable bonds is 3. The minimum absolute atomic E-state index is 0.0382.